The molecule has 0 amide bonds. The van der Waals surface area contributed by atoms with Gasteiger partial charge in [-0.05, 0) is 33.9 Å². The summed E-state index contributed by atoms with van der Waals surface area (Å²) < 4.78 is 0. The maximum atomic E-state index is 2.43. The van der Waals surface area contributed by atoms with Gasteiger partial charge in [0.05, 0.1) is 0 Å². The average molecular weight is 167 g/mol. The minimum Gasteiger partial charge on any atom is -0.372 e. The summed E-state index contributed by atoms with van der Waals surface area (Å²) in [5.74, 6) is 0. The van der Waals surface area contributed by atoms with Crippen LogP contribution in [0.1, 0.15) is 41.5 Å². The van der Waals surface area contributed by atoms with Crippen molar-refractivity contribution >= 4 is 0 Å². The highest BCUT2D eigenvalue weighted by Gasteiger charge is 2.33. The molecule has 0 fully saturated rings. The predicted molar refractivity (Wildman–Crippen MR) is 54.0 cm³/mol. The molecule has 0 radical (unpaired) electrons. The summed E-state index contributed by atoms with van der Waals surface area (Å²) in [6, 6.07) is 0. The fraction of sp³-hybridized carbons (Fsp3) is 0.818. The molecule has 0 spiro atoms. The highest BCUT2D eigenvalue weighted by Crippen LogP contribution is 2.36. The molecule has 0 aromatic carbocycles. The van der Waals surface area contributed by atoms with E-state index in [9.17, 15) is 0 Å². The summed E-state index contributed by atoms with van der Waals surface area (Å²) in [6.07, 6.45) is 2.31. The molecule has 0 aromatic heterocycles. The summed E-state index contributed by atoms with van der Waals surface area (Å²) >= 11 is 0. The van der Waals surface area contributed by atoms with Gasteiger partial charge in [0.15, 0.2) is 0 Å². The Hall–Kier alpha value is -0.460. The van der Waals surface area contributed by atoms with Gasteiger partial charge in [0.2, 0.25) is 0 Å². The largest absolute Gasteiger partial charge is 0.372 e. The topological polar surface area (TPSA) is 3.24 Å². The fourth-order valence-electron chi connectivity index (χ4n) is 1.44. The first-order valence-electron chi connectivity index (χ1n) is 4.69. The molecule has 1 nitrogen and oxygen atoms in total. The minimum absolute atomic E-state index is 0.273. The lowest BCUT2D eigenvalue weighted by Crippen LogP contribution is -2.38. The van der Waals surface area contributed by atoms with Crippen LogP contribution in [0.5, 0.6) is 0 Å². The summed E-state index contributed by atoms with van der Waals surface area (Å²) in [5.41, 5.74) is 2.14. The van der Waals surface area contributed by atoms with Crippen molar-refractivity contribution in [3.63, 3.8) is 0 Å². The normalized spacial score (nSPS) is 22.8. The molecule has 0 saturated carbocycles. The smallest absolute Gasteiger partial charge is 0.0312 e. The predicted octanol–water partition coefficient (Wildman–Crippen LogP) is 3.03. The lowest BCUT2D eigenvalue weighted by molar-refractivity contribution is 0.184. The van der Waals surface area contributed by atoms with Gasteiger partial charge < -0.3 is 4.90 Å². The van der Waals surface area contributed by atoms with Gasteiger partial charge in [0, 0.05) is 17.5 Å². The molecule has 0 saturated heterocycles. The van der Waals surface area contributed by atoms with Crippen LogP contribution < -0.4 is 0 Å². The fourth-order valence-corrected chi connectivity index (χ4v) is 1.44. The van der Waals surface area contributed by atoms with Crippen molar-refractivity contribution < 1.29 is 0 Å². The van der Waals surface area contributed by atoms with Gasteiger partial charge in [0.25, 0.3) is 0 Å². The lowest BCUT2D eigenvalue weighted by Gasteiger charge is -2.34. The van der Waals surface area contributed by atoms with Crippen LogP contribution in [0.4, 0.5) is 0 Å². The molecule has 0 N–H and O–H groups in total. The van der Waals surface area contributed by atoms with E-state index in [1.807, 2.05) is 0 Å². The molecular weight excluding hydrogens is 146 g/mol. The Kier molecular flexibility index (Phi) is 2.02. The Morgan fingerprint density at radius 1 is 1.33 bits per heavy atom. The number of nitrogens with zero attached hydrogens (tertiary/aromatic N) is 1. The van der Waals surface area contributed by atoms with Crippen LogP contribution >= 0.6 is 0 Å². The Morgan fingerprint density at radius 2 is 1.83 bits per heavy atom. The van der Waals surface area contributed by atoms with E-state index >= 15 is 0 Å². The SMILES string of the molecule is CC1=CN(C(C)(C)C)CC1(C)C. The number of hydrogen-bond acceptors (Lipinski definition) is 1. The van der Waals surface area contributed by atoms with Crippen LogP contribution in [0.15, 0.2) is 11.8 Å². The molecule has 0 aliphatic carbocycles. The second-order valence-corrected chi connectivity index (χ2v) is 5.49. The van der Waals surface area contributed by atoms with E-state index in [4.69, 9.17) is 0 Å². The molecule has 0 bridgehead atoms. The molecule has 1 aliphatic rings. The Morgan fingerprint density at radius 3 is 2.00 bits per heavy atom. The highest BCUT2D eigenvalue weighted by molar-refractivity contribution is 5.17. The standard InChI is InChI=1S/C11H21N/c1-9-7-12(10(2,3)4)8-11(9,5)6/h7H,8H2,1-6H3. The zero-order chi connectivity index (χ0) is 9.57. The van der Waals surface area contributed by atoms with E-state index in [-0.39, 0.29) is 5.54 Å². The van der Waals surface area contributed by atoms with Gasteiger partial charge in [-0.1, -0.05) is 19.4 Å². The first kappa shape index (κ1) is 9.63. The van der Waals surface area contributed by atoms with Gasteiger partial charge >= 0.3 is 0 Å². The first-order chi connectivity index (χ1) is 5.23. The van der Waals surface area contributed by atoms with Gasteiger partial charge in [-0.3, -0.25) is 0 Å². The molecule has 70 valence electrons. The molecule has 12 heavy (non-hydrogen) atoms. The summed E-state index contributed by atoms with van der Waals surface area (Å²) in [4.78, 5) is 2.43. The molecule has 1 heterocycles. The van der Waals surface area contributed by atoms with Gasteiger partial charge in [-0.2, -0.15) is 0 Å². The monoisotopic (exact) mass is 167 g/mol. The van der Waals surface area contributed by atoms with Crippen molar-refractivity contribution in [2.24, 2.45) is 5.41 Å². The Labute approximate surface area is 76.5 Å². The van der Waals surface area contributed by atoms with E-state index < -0.39 is 0 Å². The van der Waals surface area contributed by atoms with E-state index in [1.165, 1.54) is 5.57 Å². The van der Waals surface area contributed by atoms with E-state index in [2.05, 4.69) is 52.6 Å². The molecule has 0 unspecified atom stereocenters. The molecule has 1 heteroatoms. The zero-order valence-corrected chi connectivity index (χ0v) is 9.23. The maximum absolute atomic E-state index is 2.43. The van der Waals surface area contributed by atoms with E-state index in [0.717, 1.165) is 6.54 Å². The third-order valence-electron chi connectivity index (χ3n) is 2.84. The number of hydrogen-bond donors (Lipinski definition) is 0. The van der Waals surface area contributed by atoms with Crippen LogP contribution in [0.2, 0.25) is 0 Å². The molecule has 1 rings (SSSR count). The van der Waals surface area contributed by atoms with Gasteiger partial charge in [-0.25, -0.2) is 0 Å². The van der Waals surface area contributed by atoms with Crippen molar-refractivity contribution in [1.29, 1.82) is 0 Å². The second kappa shape index (κ2) is 2.51. The highest BCUT2D eigenvalue weighted by atomic mass is 15.2. The zero-order valence-electron chi connectivity index (χ0n) is 9.23. The molecular formula is C11H21N. The minimum atomic E-state index is 0.273. The average Bonchev–Trinajstić information content (AvgIpc) is 2.06. The van der Waals surface area contributed by atoms with Crippen molar-refractivity contribution in [1.82, 2.24) is 4.90 Å². The summed E-state index contributed by atoms with van der Waals surface area (Å²) in [7, 11) is 0. The van der Waals surface area contributed by atoms with Crippen molar-refractivity contribution in [2.75, 3.05) is 6.54 Å². The van der Waals surface area contributed by atoms with Gasteiger partial charge in [-0.15, -0.1) is 0 Å². The van der Waals surface area contributed by atoms with Gasteiger partial charge in [0.1, 0.15) is 0 Å². The quantitative estimate of drug-likeness (QED) is 0.536. The van der Waals surface area contributed by atoms with Crippen LogP contribution in [-0.2, 0) is 0 Å². The third-order valence-corrected chi connectivity index (χ3v) is 2.84. The van der Waals surface area contributed by atoms with Crippen LogP contribution in [0.25, 0.3) is 0 Å². The Balaban J connectivity index is 2.81. The second-order valence-electron chi connectivity index (χ2n) is 5.49. The van der Waals surface area contributed by atoms with Crippen molar-refractivity contribution in [2.45, 2.75) is 47.1 Å². The molecule has 0 atom stereocenters. The first-order valence-corrected chi connectivity index (χ1v) is 4.69. The Bertz CT molecular complexity index is 206. The van der Waals surface area contributed by atoms with Crippen LogP contribution in [0, 0.1) is 5.41 Å². The van der Waals surface area contributed by atoms with Crippen molar-refractivity contribution in [3.8, 4) is 0 Å². The number of rotatable bonds is 0. The molecule has 0 aromatic rings. The van der Waals surface area contributed by atoms with Crippen molar-refractivity contribution in [3.05, 3.63) is 11.8 Å². The summed E-state index contributed by atoms with van der Waals surface area (Å²) in [5, 5.41) is 0. The van der Waals surface area contributed by atoms with Crippen LogP contribution in [0.3, 0.4) is 0 Å². The maximum Gasteiger partial charge on any atom is 0.0312 e. The summed E-state index contributed by atoms with van der Waals surface area (Å²) in [6.45, 7) is 14.8. The molecule has 1 aliphatic heterocycles. The third kappa shape index (κ3) is 1.65. The van der Waals surface area contributed by atoms with E-state index in [0.29, 0.717) is 5.41 Å². The van der Waals surface area contributed by atoms with Crippen LogP contribution in [-0.4, -0.2) is 17.0 Å². The lowest BCUT2D eigenvalue weighted by atomic mass is 9.88. The van der Waals surface area contributed by atoms with E-state index in [1.54, 1.807) is 0 Å².